The van der Waals surface area contributed by atoms with E-state index < -0.39 is 0 Å². The number of carbonyl (C=O) groups excluding carboxylic acids is 1. The molecule has 3 aromatic heterocycles. The minimum Gasteiger partial charge on any atom is -0.354 e. The molecule has 1 N–H and O–H groups in total. The molecule has 0 saturated heterocycles. The van der Waals surface area contributed by atoms with Gasteiger partial charge in [0.2, 0.25) is 5.91 Å². The Bertz CT molecular complexity index is 825. The molecule has 0 aromatic carbocycles. The lowest BCUT2D eigenvalue weighted by Gasteiger charge is -2.13. The zero-order chi connectivity index (χ0) is 18.4. The van der Waals surface area contributed by atoms with Gasteiger partial charge in [0.15, 0.2) is 0 Å². The van der Waals surface area contributed by atoms with Gasteiger partial charge in [-0.25, -0.2) is 0 Å². The number of hydrogen-bond acceptors (Lipinski definition) is 5. The van der Waals surface area contributed by atoms with Crippen LogP contribution < -0.4 is 5.32 Å². The van der Waals surface area contributed by atoms with Crippen LogP contribution in [0.1, 0.15) is 26.7 Å². The molecule has 0 bridgehead atoms. The Balaban J connectivity index is 1.80. The second kappa shape index (κ2) is 8.71. The predicted octanol–water partition coefficient (Wildman–Crippen LogP) is 3.62. The Kier molecular flexibility index (Phi) is 6.12. The number of carbonyl (C=O) groups is 1. The van der Waals surface area contributed by atoms with E-state index >= 15 is 0 Å². The first-order chi connectivity index (χ1) is 12.7. The summed E-state index contributed by atoms with van der Waals surface area (Å²) in [6.45, 7) is 5.25. The van der Waals surface area contributed by atoms with Crippen LogP contribution in [0.5, 0.6) is 0 Å². The van der Waals surface area contributed by atoms with Gasteiger partial charge >= 0.3 is 0 Å². The minimum atomic E-state index is 0.0829. The number of nitrogens with zero attached hydrogens (tertiary/aromatic N) is 4. The summed E-state index contributed by atoms with van der Waals surface area (Å²) in [4.78, 5) is 21.9. The van der Waals surface area contributed by atoms with E-state index in [1.54, 1.807) is 29.9 Å². The van der Waals surface area contributed by atoms with Crippen LogP contribution in [-0.2, 0) is 11.3 Å². The van der Waals surface area contributed by atoms with Crippen molar-refractivity contribution in [2.75, 3.05) is 6.54 Å². The van der Waals surface area contributed by atoms with Gasteiger partial charge in [0.05, 0.1) is 35.2 Å². The van der Waals surface area contributed by atoms with E-state index in [1.807, 2.05) is 36.2 Å². The largest absolute Gasteiger partial charge is 0.354 e. The fraction of sp³-hybridized carbons (Fsp3) is 0.368. The Hall–Kier alpha value is -2.54. The third kappa shape index (κ3) is 3.99. The maximum Gasteiger partial charge on any atom is 0.223 e. The van der Waals surface area contributed by atoms with Gasteiger partial charge in [-0.1, -0.05) is 19.9 Å². The maximum absolute atomic E-state index is 12.2. The van der Waals surface area contributed by atoms with E-state index in [2.05, 4.69) is 26.4 Å². The Morgan fingerprint density at radius 2 is 2.12 bits per heavy atom. The summed E-state index contributed by atoms with van der Waals surface area (Å²) in [5.74, 6) is 0.202. The van der Waals surface area contributed by atoms with Crippen LogP contribution in [0.4, 0.5) is 0 Å². The summed E-state index contributed by atoms with van der Waals surface area (Å²) >= 11 is 1.66. The van der Waals surface area contributed by atoms with Gasteiger partial charge in [0, 0.05) is 30.4 Å². The van der Waals surface area contributed by atoms with E-state index in [1.165, 1.54) is 0 Å². The molecule has 136 valence electrons. The van der Waals surface area contributed by atoms with E-state index in [9.17, 15) is 4.79 Å². The van der Waals surface area contributed by atoms with Crippen molar-refractivity contribution >= 4 is 17.2 Å². The molecule has 3 aromatic rings. The topological polar surface area (TPSA) is 72.7 Å². The first-order valence-electron chi connectivity index (χ1n) is 8.88. The molecule has 26 heavy (non-hydrogen) atoms. The van der Waals surface area contributed by atoms with Crippen molar-refractivity contribution in [2.24, 2.45) is 5.92 Å². The average molecular weight is 369 g/mol. The van der Waals surface area contributed by atoms with Crippen LogP contribution in [-0.4, -0.2) is 32.2 Å². The van der Waals surface area contributed by atoms with Gasteiger partial charge in [0.1, 0.15) is 0 Å². The van der Waals surface area contributed by atoms with Crippen LogP contribution in [0.2, 0.25) is 0 Å². The van der Waals surface area contributed by atoms with Gasteiger partial charge in [-0.3, -0.25) is 19.4 Å². The van der Waals surface area contributed by atoms with Gasteiger partial charge in [-0.2, -0.15) is 5.10 Å². The lowest BCUT2D eigenvalue weighted by molar-refractivity contribution is -0.125. The smallest absolute Gasteiger partial charge is 0.223 e. The number of rotatable bonds is 8. The highest BCUT2D eigenvalue weighted by Crippen LogP contribution is 2.33. The molecule has 0 fully saturated rings. The predicted molar refractivity (Wildman–Crippen MR) is 104 cm³/mol. The van der Waals surface area contributed by atoms with Crippen molar-refractivity contribution in [2.45, 2.75) is 33.2 Å². The molecule has 6 nitrogen and oxygen atoms in total. The number of hydrogen-bond donors (Lipinski definition) is 1. The molecule has 0 saturated carbocycles. The average Bonchev–Trinajstić information content (AvgIpc) is 3.33. The number of thiophene rings is 1. The zero-order valence-electron chi connectivity index (χ0n) is 15.1. The third-order valence-corrected chi connectivity index (χ3v) is 5.29. The molecule has 0 aliphatic carbocycles. The molecule has 7 heteroatoms. The molecule has 3 heterocycles. The first kappa shape index (κ1) is 18.3. The third-order valence-electron chi connectivity index (χ3n) is 4.41. The maximum atomic E-state index is 12.2. The van der Waals surface area contributed by atoms with Gasteiger partial charge in [0.25, 0.3) is 0 Å². The highest BCUT2D eigenvalue weighted by atomic mass is 32.1. The molecule has 0 radical (unpaired) electrons. The van der Waals surface area contributed by atoms with Crippen molar-refractivity contribution < 1.29 is 4.79 Å². The van der Waals surface area contributed by atoms with Crippen LogP contribution in [0.15, 0.2) is 42.3 Å². The molecular formula is C19H23N5OS. The highest BCUT2D eigenvalue weighted by molar-refractivity contribution is 7.13. The molecular weight excluding hydrogens is 346 g/mol. The molecule has 0 spiro atoms. The SMILES string of the molecule is CCC(CC)C(=O)NCCn1ncc(-c2cnccn2)c1-c1cccs1. The van der Waals surface area contributed by atoms with Crippen molar-refractivity contribution in [1.82, 2.24) is 25.1 Å². The molecule has 3 rings (SSSR count). The summed E-state index contributed by atoms with van der Waals surface area (Å²) in [7, 11) is 0. The summed E-state index contributed by atoms with van der Waals surface area (Å²) in [5, 5.41) is 9.61. The summed E-state index contributed by atoms with van der Waals surface area (Å²) in [6, 6.07) is 4.09. The minimum absolute atomic E-state index is 0.0829. The standard InChI is InChI=1S/C19H23N5OS/c1-3-14(4-2)19(25)22-9-10-24-18(17-6-5-11-26-17)15(12-23-24)16-13-20-7-8-21-16/h5-8,11-14H,3-4,9-10H2,1-2H3,(H,22,25). The molecule has 0 unspecified atom stereocenters. The van der Waals surface area contributed by atoms with Gasteiger partial charge in [-0.05, 0) is 24.3 Å². The fourth-order valence-electron chi connectivity index (χ4n) is 2.94. The van der Waals surface area contributed by atoms with Crippen molar-refractivity contribution in [1.29, 1.82) is 0 Å². The van der Waals surface area contributed by atoms with Gasteiger partial charge in [-0.15, -0.1) is 11.3 Å². The number of amides is 1. The van der Waals surface area contributed by atoms with Crippen molar-refractivity contribution in [3.63, 3.8) is 0 Å². The fourth-order valence-corrected chi connectivity index (χ4v) is 3.73. The number of aromatic nitrogens is 4. The Morgan fingerprint density at radius 1 is 1.27 bits per heavy atom. The highest BCUT2D eigenvalue weighted by Gasteiger charge is 2.17. The molecule has 1 amide bonds. The van der Waals surface area contributed by atoms with Crippen molar-refractivity contribution in [3.8, 4) is 21.8 Å². The monoisotopic (exact) mass is 369 g/mol. The molecule has 0 aliphatic rings. The van der Waals surface area contributed by atoms with Crippen LogP contribution in [0.25, 0.3) is 21.8 Å². The van der Waals surface area contributed by atoms with E-state index in [0.29, 0.717) is 13.1 Å². The van der Waals surface area contributed by atoms with Crippen molar-refractivity contribution in [3.05, 3.63) is 42.3 Å². The quantitative estimate of drug-likeness (QED) is 0.658. The lowest BCUT2D eigenvalue weighted by atomic mass is 10.0. The summed E-state index contributed by atoms with van der Waals surface area (Å²) in [5.41, 5.74) is 2.76. The van der Waals surface area contributed by atoms with E-state index in [-0.39, 0.29) is 11.8 Å². The molecule has 0 atom stereocenters. The Morgan fingerprint density at radius 3 is 2.77 bits per heavy atom. The first-order valence-corrected chi connectivity index (χ1v) is 9.76. The normalized spacial score (nSPS) is 11.0. The second-order valence-corrected chi connectivity index (χ2v) is 6.95. The van der Waals surface area contributed by atoms with Crippen LogP contribution in [0.3, 0.4) is 0 Å². The lowest BCUT2D eigenvalue weighted by Crippen LogP contribution is -2.32. The second-order valence-electron chi connectivity index (χ2n) is 6.00. The number of nitrogens with one attached hydrogen (secondary N) is 1. The molecule has 0 aliphatic heterocycles. The van der Waals surface area contributed by atoms with E-state index in [4.69, 9.17) is 0 Å². The van der Waals surface area contributed by atoms with Gasteiger partial charge < -0.3 is 5.32 Å². The van der Waals surface area contributed by atoms with Crippen LogP contribution in [0, 0.1) is 5.92 Å². The summed E-state index contributed by atoms with van der Waals surface area (Å²) in [6.07, 6.45) is 8.63. The van der Waals surface area contributed by atoms with E-state index in [0.717, 1.165) is 34.7 Å². The van der Waals surface area contributed by atoms with Crippen LogP contribution >= 0.6 is 11.3 Å². The Labute approximate surface area is 157 Å². The zero-order valence-corrected chi connectivity index (χ0v) is 15.9. The summed E-state index contributed by atoms with van der Waals surface area (Å²) < 4.78 is 1.93.